The van der Waals surface area contributed by atoms with Gasteiger partial charge in [-0.25, -0.2) is 0 Å². The zero-order valence-electron chi connectivity index (χ0n) is 12.3. The fraction of sp³-hybridized carbons (Fsp3) is 0.467. The fourth-order valence-corrected chi connectivity index (χ4v) is 2.40. The molecular formula is C15H22ClN3O2. The van der Waals surface area contributed by atoms with Crippen LogP contribution < -0.4 is 16.0 Å². The molecule has 1 fully saturated rings. The van der Waals surface area contributed by atoms with Crippen molar-refractivity contribution in [2.24, 2.45) is 0 Å². The van der Waals surface area contributed by atoms with E-state index < -0.39 is 0 Å². The minimum atomic E-state index is -0.121. The van der Waals surface area contributed by atoms with E-state index >= 15 is 0 Å². The summed E-state index contributed by atoms with van der Waals surface area (Å²) in [5.74, 6) is -0.191. The highest BCUT2D eigenvalue weighted by molar-refractivity contribution is 5.95. The van der Waals surface area contributed by atoms with Gasteiger partial charge in [-0.1, -0.05) is 0 Å². The third-order valence-corrected chi connectivity index (χ3v) is 3.55. The number of halogens is 1. The van der Waals surface area contributed by atoms with Crippen molar-refractivity contribution in [2.45, 2.75) is 38.8 Å². The predicted molar refractivity (Wildman–Crippen MR) is 85.9 cm³/mol. The minimum absolute atomic E-state index is 0. The van der Waals surface area contributed by atoms with Crippen LogP contribution in [0.15, 0.2) is 24.3 Å². The maximum absolute atomic E-state index is 12.2. The van der Waals surface area contributed by atoms with E-state index in [1.165, 1.54) is 6.92 Å². The van der Waals surface area contributed by atoms with E-state index in [1.54, 1.807) is 24.3 Å². The van der Waals surface area contributed by atoms with Crippen molar-refractivity contribution in [2.75, 3.05) is 11.9 Å². The normalized spacial score (nSPS) is 21.0. The molecule has 6 heteroatoms. The average Bonchev–Trinajstić information content (AvgIpc) is 2.41. The van der Waals surface area contributed by atoms with Gasteiger partial charge < -0.3 is 16.0 Å². The van der Waals surface area contributed by atoms with Crippen LogP contribution in [0.5, 0.6) is 0 Å². The zero-order valence-corrected chi connectivity index (χ0v) is 13.1. The van der Waals surface area contributed by atoms with Gasteiger partial charge in [0.2, 0.25) is 5.91 Å². The number of carbonyl (C=O) groups excluding carboxylic acids is 2. The van der Waals surface area contributed by atoms with Gasteiger partial charge in [-0.15, -0.1) is 12.4 Å². The lowest BCUT2D eigenvalue weighted by Crippen LogP contribution is -2.51. The molecule has 1 aromatic carbocycles. The Morgan fingerprint density at radius 3 is 2.48 bits per heavy atom. The van der Waals surface area contributed by atoms with Gasteiger partial charge in [-0.2, -0.15) is 0 Å². The summed E-state index contributed by atoms with van der Waals surface area (Å²) in [5.41, 5.74) is 1.30. The summed E-state index contributed by atoms with van der Waals surface area (Å²) in [6.07, 6.45) is 2.08. The molecule has 0 aliphatic carbocycles. The van der Waals surface area contributed by atoms with Crippen LogP contribution in [0.3, 0.4) is 0 Å². The molecule has 2 atom stereocenters. The topological polar surface area (TPSA) is 70.2 Å². The third kappa shape index (κ3) is 5.02. The monoisotopic (exact) mass is 311 g/mol. The largest absolute Gasteiger partial charge is 0.348 e. The number of hydrogen-bond donors (Lipinski definition) is 3. The van der Waals surface area contributed by atoms with Crippen LogP contribution in [0, 0.1) is 0 Å². The van der Waals surface area contributed by atoms with Crippen molar-refractivity contribution >= 4 is 29.9 Å². The van der Waals surface area contributed by atoms with Crippen LogP contribution in [0.4, 0.5) is 5.69 Å². The number of piperidine rings is 1. The van der Waals surface area contributed by atoms with Crippen molar-refractivity contribution in [1.82, 2.24) is 10.6 Å². The van der Waals surface area contributed by atoms with E-state index in [4.69, 9.17) is 0 Å². The van der Waals surface area contributed by atoms with Crippen LogP contribution in [-0.4, -0.2) is 30.4 Å². The molecule has 5 nitrogen and oxygen atoms in total. The standard InChI is InChI=1S/C15H21N3O2.ClH/c1-10-14(4-3-9-16-10)18-15(20)12-5-7-13(8-6-12)17-11(2)19;/h5-8,10,14,16H,3-4,9H2,1-2H3,(H,17,19)(H,18,20);1H. The van der Waals surface area contributed by atoms with Crippen LogP contribution in [0.25, 0.3) is 0 Å². The molecule has 0 radical (unpaired) electrons. The van der Waals surface area contributed by atoms with Crippen molar-refractivity contribution < 1.29 is 9.59 Å². The molecule has 21 heavy (non-hydrogen) atoms. The van der Waals surface area contributed by atoms with Gasteiger partial charge in [0.05, 0.1) is 0 Å². The first kappa shape index (κ1) is 17.5. The smallest absolute Gasteiger partial charge is 0.251 e. The quantitative estimate of drug-likeness (QED) is 0.799. The lowest BCUT2D eigenvalue weighted by molar-refractivity contribution is -0.114. The summed E-state index contributed by atoms with van der Waals surface area (Å²) in [4.78, 5) is 23.1. The Balaban J connectivity index is 0.00000220. The van der Waals surface area contributed by atoms with E-state index in [0.29, 0.717) is 17.3 Å². The van der Waals surface area contributed by atoms with Crippen molar-refractivity contribution in [3.8, 4) is 0 Å². The van der Waals surface area contributed by atoms with Gasteiger partial charge >= 0.3 is 0 Å². The Hall–Kier alpha value is -1.59. The Bertz CT molecular complexity index is 490. The molecular weight excluding hydrogens is 290 g/mol. The van der Waals surface area contributed by atoms with Crippen LogP contribution in [-0.2, 0) is 4.79 Å². The second-order valence-corrected chi connectivity index (χ2v) is 5.22. The first-order valence-electron chi connectivity index (χ1n) is 6.98. The average molecular weight is 312 g/mol. The van der Waals surface area contributed by atoms with Gasteiger partial charge in [0, 0.05) is 30.3 Å². The number of rotatable bonds is 3. The number of amides is 2. The maximum atomic E-state index is 12.2. The summed E-state index contributed by atoms with van der Waals surface area (Å²) in [6.45, 7) is 4.56. The number of anilines is 1. The van der Waals surface area contributed by atoms with Gasteiger partial charge in [-0.05, 0) is 50.6 Å². The van der Waals surface area contributed by atoms with Crippen molar-refractivity contribution in [3.63, 3.8) is 0 Å². The van der Waals surface area contributed by atoms with E-state index in [2.05, 4.69) is 22.9 Å². The van der Waals surface area contributed by atoms with Gasteiger partial charge in [0.15, 0.2) is 0 Å². The molecule has 116 valence electrons. The molecule has 1 aliphatic rings. The molecule has 0 aromatic heterocycles. The molecule has 1 heterocycles. The minimum Gasteiger partial charge on any atom is -0.348 e. The van der Waals surface area contributed by atoms with E-state index in [1.807, 2.05) is 0 Å². The van der Waals surface area contributed by atoms with Crippen molar-refractivity contribution in [1.29, 1.82) is 0 Å². The van der Waals surface area contributed by atoms with Crippen molar-refractivity contribution in [3.05, 3.63) is 29.8 Å². The summed E-state index contributed by atoms with van der Waals surface area (Å²) < 4.78 is 0. The molecule has 0 saturated carbocycles. The van der Waals surface area contributed by atoms with Crippen LogP contribution in [0.1, 0.15) is 37.0 Å². The van der Waals surface area contributed by atoms with E-state index in [-0.39, 0.29) is 30.3 Å². The Labute approximate surface area is 131 Å². The highest BCUT2D eigenvalue weighted by atomic mass is 35.5. The molecule has 1 aliphatic heterocycles. The highest BCUT2D eigenvalue weighted by Crippen LogP contribution is 2.12. The Kier molecular flexibility index (Phi) is 6.65. The molecule has 0 spiro atoms. The van der Waals surface area contributed by atoms with Crippen LogP contribution in [0.2, 0.25) is 0 Å². The summed E-state index contributed by atoms with van der Waals surface area (Å²) in [6, 6.07) is 7.39. The lowest BCUT2D eigenvalue weighted by atomic mass is 9.99. The molecule has 2 unspecified atom stereocenters. The first-order valence-corrected chi connectivity index (χ1v) is 6.98. The van der Waals surface area contributed by atoms with Gasteiger partial charge in [-0.3, -0.25) is 9.59 Å². The summed E-state index contributed by atoms with van der Waals surface area (Å²) in [5, 5.41) is 9.09. The molecule has 1 saturated heterocycles. The third-order valence-electron chi connectivity index (χ3n) is 3.55. The summed E-state index contributed by atoms with van der Waals surface area (Å²) >= 11 is 0. The second-order valence-electron chi connectivity index (χ2n) is 5.22. The lowest BCUT2D eigenvalue weighted by Gasteiger charge is -2.30. The van der Waals surface area contributed by atoms with E-state index in [9.17, 15) is 9.59 Å². The molecule has 0 bridgehead atoms. The SMILES string of the molecule is CC(=O)Nc1ccc(C(=O)NC2CCCNC2C)cc1.Cl. The fourth-order valence-electron chi connectivity index (χ4n) is 2.40. The number of benzene rings is 1. The highest BCUT2D eigenvalue weighted by Gasteiger charge is 2.22. The maximum Gasteiger partial charge on any atom is 0.251 e. The Morgan fingerprint density at radius 2 is 1.90 bits per heavy atom. The number of hydrogen-bond acceptors (Lipinski definition) is 3. The van der Waals surface area contributed by atoms with Gasteiger partial charge in [0.1, 0.15) is 0 Å². The number of carbonyl (C=O) groups is 2. The molecule has 2 amide bonds. The zero-order chi connectivity index (χ0) is 14.5. The molecule has 1 aromatic rings. The van der Waals surface area contributed by atoms with Gasteiger partial charge in [0.25, 0.3) is 5.91 Å². The molecule has 3 N–H and O–H groups in total. The Morgan fingerprint density at radius 1 is 1.24 bits per heavy atom. The van der Waals surface area contributed by atoms with E-state index in [0.717, 1.165) is 19.4 Å². The number of nitrogens with one attached hydrogen (secondary N) is 3. The van der Waals surface area contributed by atoms with Crippen LogP contribution >= 0.6 is 12.4 Å². The molecule has 2 rings (SSSR count). The summed E-state index contributed by atoms with van der Waals surface area (Å²) in [7, 11) is 0. The first-order chi connectivity index (χ1) is 9.56. The predicted octanol–water partition coefficient (Wildman–Crippen LogP) is 1.94. The second kappa shape index (κ2) is 8.00.